The van der Waals surface area contributed by atoms with Crippen molar-refractivity contribution in [3.05, 3.63) is 35.4 Å². The van der Waals surface area contributed by atoms with Gasteiger partial charge in [0.25, 0.3) is 0 Å². The second-order valence-corrected chi connectivity index (χ2v) is 4.83. The number of carboxylic acids is 1. The van der Waals surface area contributed by atoms with Gasteiger partial charge in [0.1, 0.15) is 6.10 Å². The van der Waals surface area contributed by atoms with E-state index in [1.54, 1.807) is 6.92 Å². The zero-order valence-electron chi connectivity index (χ0n) is 9.73. The van der Waals surface area contributed by atoms with Crippen molar-refractivity contribution < 1.29 is 14.6 Å². The number of aliphatic carboxylic acids is 1. The number of hydrogen-bond donors (Lipinski definition) is 1. The maximum absolute atomic E-state index is 10.8. The van der Waals surface area contributed by atoms with Gasteiger partial charge >= 0.3 is 5.97 Å². The summed E-state index contributed by atoms with van der Waals surface area (Å²) >= 11 is 0. The molecular formula is C13H16O3. The molecule has 1 aliphatic rings. The molecule has 0 aliphatic carbocycles. The predicted molar refractivity (Wildman–Crippen MR) is 60.4 cm³/mol. The van der Waals surface area contributed by atoms with Crippen molar-refractivity contribution in [3.8, 4) is 0 Å². The van der Waals surface area contributed by atoms with E-state index in [1.165, 1.54) is 0 Å². The van der Waals surface area contributed by atoms with Crippen molar-refractivity contribution in [1.82, 2.24) is 0 Å². The van der Waals surface area contributed by atoms with Crippen LogP contribution in [-0.4, -0.2) is 16.7 Å². The molecule has 0 bridgehead atoms. The third kappa shape index (κ3) is 1.95. The maximum Gasteiger partial charge on any atom is 0.310 e. The molecule has 0 radical (unpaired) electrons. The summed E-state index contributed by atoms with van der Waals surface area (Å²) in [5, 5.41) is 8.88. The van der Waals surface area contributed by atoms with Crippen LogP contribution in [0, 0.1) is 0 Å². The summed E-state index contributed by atoms with van der Waals surface area (Å²) in [6.07, 6.45) is 0.154. The summed E-state index contributed by atoms with van der Waals surface area (Å²) in [5.74, 6) is -1.25. The third-order valence-corrected chi connectivity index (χ3v) is 3.11. The van der Waals surface area contributed by atoms with Crippen molar-refractivity contribution in [2.75, 3.05) is 0 Å². The van der Waals surface area contributed by atoms with E-state index in [1.807, 2.05) is 38.1 Å². The van der Waals surface area contributed by atoms with Gasteiger partial charge in [0.2, 0.25) is 0 Å². The van der Waals surface area contributed by atoms with Gasteiger partial charge in [-0.05, 0) is 31.9 Å². The van der Waals surface area contributed by atoms with Crippen molar-refractivity contribution in [2.45, 2.75) is 38.4 Å². The first-order valence-corrected chi connectivity index (χ1v) is 5.42. The lowest BCUT2D eigenvalue weighted by Gasteiger charge is -2.07. The Morgan fingerprint density at radius 3 is 2.25 bits per heavy atom. The molecule has 0 spiro atoms. The number of hydrogen-bond acceptors (Lipinski definition) is 2. The van der Waals surface area contributed by atoms with E-state index in [4.69, 9.17) is 9.84 Å². The van der Waals surface area contributed by atoms with Crippen LogP contribution in [0.1, 0.15) is 43.9 Å². The zero-order valence-corrected chi connectivity index (χ0v) is 9.73. The highest BCUT2D eigenvalue weighted by molar-refractivity contribution is 5.75. The lowest BCUT2D eigenvalue weighted by Crippen LogP contribution is -2.07. The Bertz CT molecular complexity index is 406. The van der Waals surface area contributed by atoms with Gasteiger partial charge in [-0.25, -0.2) is 0 Å². The third-order valence-electron chi connectivity index (χ3n) is 3.11. The molecule has 2 atom stereocenters. The molecule has 0 amide bonds. The van der Waals surface area contributed by atoms with Crippen LogP contribution in [0.2, 0.25) is 0 Å². The van der Waals surface area contributed by atoms with Crippen LogP contribution in [-0.2, 0) is 9.53 Å². The number of carbonyl (C=O) groups is 1. The van der Waals surface area contributed by atoms with Gasteiger partial charge in [-0.1, -0.05) is 24.3 Å². The van der Waals surface area contributed by atoms with Gasteiger partial charge in [-0.2, -0.15) is 0 Å². The maximum atomic E-state index is 10.8. The second-order valence-electron chi connectivity index (χ2n) is 4.83. The van der Waals surface area contributed by atoms with Gasteiger partial charge in [-0.15, -0.1) is 0 Å². The number of ether oxygens (including phenoxy) is 1. The molecule has 1 aromatic carbocycles. The summed E-state index contributed by atoms with van der Waals surface area (Å²) in [6, 6.07) is 7.64. The molecule has 2 rings (SSSR count). The van der Waals surface area contributed by atoms with Gasteiger partial charge < -0.3 is 9.84 Å². The van der Waals surface area contributed by atoms with E-state index in [0.717, 1.165) is 11.1 Å². The molecule has 0 unspecified atom stereocenters. The Kier molecular flexibility index (Phi) is 2.50. The van der Waals surface area contributed by atoms with Crippen molar-refractivity contribution in [1.29, 1.82) is 0 Å². The monoisotopic (exact) mass is 220 g/mol. The standard InChI is InChI=1S/C13H16O3/c1-8(12(14)15)9-4-6-10(7-5-9)11-13(2,3)16-11/h4-8,11H,1-3H3,(H,14,15)/t8-,11+/m1/s1. The first-order chi connectivity index (χ1) is 7.42. The van der Waals surface area contributed by atoms with E-state index in [-0.39, 0.29) is 11.7 Å². The van der Waals surface area contributed by atoms with E-state index in [0.29, 0.717) is 0 Å². The molecule has 1 saturated heterocycles. The van der Waals surface area contributed by atoms with Crippen LogP contribution < -0.4 is 0 Å². The molecule has 0 saturated carbocycles. The number of carboxylic acid groups (broad SMARTS) is 1. The minimum Gasteiger partial charge on any atom is -0.481 e. The minimum atomic E-state index is -0.796. The molecule has 3 nitrogen and oxygen atoms in total. The summed E-state index contributed by atoms with van der Waals surface area (Å²) < 4.78 is 5.52. The second kappa shape index (κ2) is 3.59. The van der Waals surface area contributed by atoms with Crippen LogP contribution in [0.3, 0.4) is 0 Å². The molecule has 16 heavy (non-hydrogen) atoms. The topological polar surface area (TPSA) is 49.8 Å². The zero-order chi connectivity index (χ0) is 11.9. The Hall–Kier alpha value is -1.35. The number of rotatable bonds is 3. The summed E-state index contributed by atoms with van der Waals surface area (Å²) in [4.78, 5) is 10.8. The summed E-state index contributed by atoms with van der Waals surface area (Å²) in [5.41, 5.74) is 1.88. The van der Waals surface area contributed by atoms with Gasteiger partial charge in [0.05, 0.1) is 11.5 Å². The Balaban J connectivity index is 2.14. The molecular weight excluding hydrogens is 204 g/mol. The van der Waals surface area contributed by atoms with Crippen molar-refractivity contribution in [2.24, 2.45) is 0 Å². The molecule has 86 valence electrons. The average molecular weight is 220 g/mol. The highest BCUT2D eigenvalue weighted by Crippen LogP contribution is 2.48. The van der Waals surface area contributed by atoms with Crippen LogP contribution in [0.4, 0.5) is 0 Å². The minimum absolute atomic E-state index is 0.0695. The number of benzene rings is 1. The van der Waals surface area contributed by atoms with Crippen molar-refractivity contribution in [3.63, 3.8) is 0 Å². The smallest absolute Gasteiger partial charge is 0.310 e. The predicted octanol–water partition coefficient (Wildman–Crippen LogP) is 2.72. The van der Waals surface area contributed by atoms with E-state index < -0.39 is 11.9 Å². The average Bonchev–Trinajstić information content (AvgIpc) is 2.87. The van der Waals surface area contributed by atoms with Crippen LogP contribution in [0.15, 0.2) is 24.3 Å². The van der Waals surface area contributed by atoms with E-state index >= 15 is 0 Å². The first kappa shape index (κ1) is 11.1. The van der Waals surface area contributed by atoms with Crippen LogP contribution in [0.25, 0.3) is 0 Å². The van der Waals surface area contributed by atoms with Gasteiger partial charge in [0.15, 0.2) is 0 Å². The fourth-order valence-electron chi connectivity index (χ4n) is 1.84. The van der Waals surface area contributed by atoms with Crippen LogP contribution >= 0.6 is 0 Å². The van der Waals surface area contributed by atoms with E-state index in [2.05, 4.69) is 0 Å². The highest BCUT2D eigenvalue weighted by Gasteiger charge is 2.48. The largest absolute Gasteiger partial charge is 0.481 e. The van der Waals surface area contributed by atoms with Crippen molar-refractivity contribution >= 4 is 5.97 Å². The van der Waals surface area contributed by atoms with Gasteiger partial charge in [0, 0.05) is 0 Å². The Morgan fingerprint density at radius 1 is 1.38 bits per heavy atom. The lowest BCUT2D eigenvalue weighted by molar-refractivity contribution is -0.138. The number of epoxide rings is 1. The molecule has 1 N–H and O–H groups in total. The summed E-state index contributed by atoms with van der Waals surface area (Å²) in [7, 11) is 0. The van der Waals surface area contributed by atoms with Crippen LogP contribution in [0.5, 0.6) is 0 Å². The Morgan fingerprint density at radius 2 is 1.88 bits per heavy atom. The SMILES string of the molecule is C[C@@H](C(=O)O)c1ccc([C@@H]2OC2(C)C)cc1. The quantitative estimate of drug-likeness (QED) is 0.797. The van der Waals surface area contributed by atoms with E-state index in [9.17, 15) is 4.79 Å². The lowest BCUT2D eigenvalue weighted by atomic mass is 9.97. The fraction of sp³-hybridized carbons (Fsp3) is 0.462. The fourth-order valence-corrected chi connectivity index (χ4v) is 1.84. The highest BCUT2D eigenvalue weighted by atomic mass is 16.6. The Labute approximate surface area is 95.0 Å². The first-order valence-electron chi connectivity index (χ1n) is 5.42. The molecule has 0 aromatic heterocycles. The molecule has 3 heteroatoms. The van der Waals surface area contributed by atoms with Gasteiger partial charge in [-0.3, -0.25) is 4.79 Å². The summed E-state index contributed by atoms with van der Waals surface area (Å²) in [6.45, 7) is 5.78. The molecule has 1 heterocycles. The normalized spacial score (nSPS) is 23.8. The molecule has 1 aromatic rings. The molecule has 1 fully saturated rings. The molecule has 1 aliphatic heterocycles.